The summed E-state index contributed by atoms with van der Waals surface area (Å²) in [6.07, 6.45) is 1.91. The van der Waals surface area contributed by atoms with E-state index in [1.165, 1.54) is 12.1 Å². The molecule has 0 aliphatic carbocycles. The number of aromatic hydroxyl groups is 2. The summed E-state index contributed by atoms with van der Waals surface area (Å²) in [5, 5.41) is 35.0. The zero-order valence-corrected chi connectivity index (χ0v) is 20.9. The van der Waals surface area contributed by atoms with Crippen LogP contribution in [0.15, 0.2) is 47.3 Å². The maximum Gasteiger partial charge on any atom is 0.252 e. The molecule has 10 heteroatoms. The Morgan fingerprint density at radius 2 is 1.84 bits per heavy atom. The summed E-state index contributed by atoms with van der Waals surface area (Å²) < 4.78 is 7.05. The molecule has 2 aromatic carbocycles. The van der Waals surface area contributed by atoms with Crippen LogP contribution in [0, 0.1) is 0 Å². The second kappa shape index (κ2) is 12.1. The third-order valence-corrected chi connectivity index (χ3v) is 6.82. The van der Waals surface area contributed by atoms with Crippen LogP contribution in [0.5, 0.6) is 17.2 Å². The van der Waals surface area contributed by atoms with Gasteiger partial charge < -0.3 is 40.2 Å². The van der Waals surface area contributed by atoms with Gasteiger partial charge in [-0.2, -0.15) is 0 Å². The van der Waals surface area contributed by atoms with E-state index in [-0.39, 0.29) is 35.8 Å². The van der Waals surface area contributed by atoms with Crippen molar-refractivity contribution in [2.75, 3.05) is 39.9 Å². The summed E-state index contributed by atoms with van der Waals surface area (Å²) in [5.41, 5.74) is 1.56. The summed E-state index contributed by atoms with van der Waals surface area (Å²) >= 11 is 0. The number of carbonyl (C=O) groups is 1. The highest BCUT2D eigenvalue weighted by atomic mass is 16.5. The van der Waals surface area contributed by atoms with Gasteiger partial charge in [0.15, 0.2) is 11.5 Å². The van der Waals surface area contributed by atoms with Gasteiger partial charge in [0.05, 0.1) is 24.8 Å². The van der Waals surface area contributed by atoms with Gasteiger partial charge in [-0.05, 0) is 55.8 Å². The van der Waals surface area contributed by atoms with Crippen LogP contribution >= 0.6 is 0 Å². The van der Waals surface area contributed by atoms with Gasteiger partial charge >= 0.3 is 0 Å². The van der Waals surface area contributed by atoms with E-state index >= 15 is 0 Å². The number of benzene rings is 2. The molecular weight excluding hydrogens is 476 g/mol. The Labute approximate surface area is 215 Å². The van der Waals surface area contributed by atoms with Crippen molar-refractivity contribution in [3.8, 4) is 17.2 Å². The third-order valence-electron chi connectivity index (χ3n) is 6.82. The number of aliphatic hydroxyl groups excluding tert-OH is 1. The molecule has 0 atom stereocenters. The predicted octanol–water partition coefficient (Wildman–Crippen LogP) is 1.40. The molecule has 10 nitrogen and oxygen atoms in total. The molecule has 2 heterocycles. The van der Waals surface area contributed by atoms with Gasteiger partial charge in [-0.3, -0.25) is 9.59 Å². The number of amides is 1. The highest BCUT2D eigenvalue weighted by molar-refractivity contribution is 6.06. The average molecular weight is 511 g/mol. The molecule has 0 spiro atoms. The number of carbonyl (C=O) groups excluding carboxylic acids is 1. The van der Waals surface area contributed by atoms with E-state index in [0.29, 0.717) is 42.3 Å². The number of phenols is 2. The second-order valence-electron chi connectivity index (χ2n) is 9.23. The van der Waals surface area contributed by atoms with Crippen molar-refractivity contribution < 1.29 is 24.9 Å². The lowest BCUT2D eigenvalue weighted by Gasteiger charge is -2.32. The number of aliphatic hydroxyl groups is 1. The fraction of sp³-hybridized carbons (Fsp3) is 0.407. The van der Waals surface area contributed by atoms with E-state index in [1.54, 1.807) is 42.0 Å². The summed E-state index contributed by atoms with van der Waals surface area (Å²) in [5.74, 6) is -0.0386. The number of hydrogen-bond acceptors (Lipinski definition) is 8. The zero-order chi connectivity index (χ0) is 26.4. The van der Waals surface area contributed by atoms with Gasteiger partial charge in [-0.1, -0.05) is 6.07 Å². The van der Waals surface area contributed by atoms with Gasteiger partial charge in [0, 0.05) is 49.7 Å². The summed E-state index contributed by atoms with van der Waals surface area (Å²) in [7, 11) is 1.56. The monoisotopic (exact) mass is 510 g/mol. The van der Waals surface area contributed by atoms with E-state index in [9.17, 15) is 19.8 Å². The molecule has 1 fully saturated rings. The van der Waals surface area contributed by atoms with Crippen molar-refractivity contribution in [2.45, 2.75) is 32.0 Å². The number of likely N-dealkylation sites (tertiary alicyclic amines) is 1. The average Bonchev–Trinajstić information content (AvgIpc) is 2.91. The van der Waals surface area contributed by atoms with Crippen LogP contribution in [0.1, 0.15) is 28.8 Å². The van der Waals surface area contributed by atoms with Gasteiger partial charge in [-0.15, -0.1) is 0 Å². The van der Waals surface area contributed by atoms with E-state index in [1.807, 2.05) is 0 Å². The van der Waals surface area contributed by atoms with Crippen LogP contribution in [0.3, 0.4) is 0 Å². The number of phenolic OH excluding ortho intramolecular Hbond substituents is 2. The summed E-state index contributed by atoms with van der Waals surface area (Å²) in [4.78, 5) is 28.0. The lowest BCUT2D eigenvalue weighted by atomic mass is 10.0. The van der Waals surface area contributed by atoms with Crippen molar-refractivity contribution in [3.63, 3.8) is 0 Å². The number of aromatic nitrogens is 1. The molecule has 1 saturated heterocycles. The quantitative estimate of drug-likeness (QED) is 0.258. The number of pyridine rings is 1. The van der Waals surface area contributed by atoms with Crippen LogP contribution in [-0.2, 0) is 13.1 Å². The number of rotatable bonds is 10. The first-order valence-corrected chi connectivity index (χ1v) is 12.5. The number of methoxy groups -OCH3 is 1. The normalized spacial score (nSPS) is 14.6. The first-order valence-electron chi connectivity index (χ1n) is 12.5. The fourth-order valence-electron chi connectivity index (χ4n) is 4.71. The fourth-order valence-corrected chi connectivity index (χ4v) is 4.71. The smallest absolute Gasteiger partial charge is 0.252 e. The van der Waals surface area contributed by atoms with Crippen molar-refractivity contribution >= 4 is 16.8 Å². The third kappa shape index (κ3) is 6.40. The zero-order valence-electron chi connectivity index (χ0n) is 20.9. The Morgan fingerprint density at radius 1 is 1.05 bits per heavy atom. The Bertz CT molecular complexity index is 1300. The van der Waals surface area contributed by atoms with Crippen LogP contribution < -0.4 is 20.9 Å². The Morgan fingerprint density at radius 3 is 2.54 bits per heavy atom. The van der Waals surface area contributed by atoms with Crippen molar-refractivity contribution in [1.29, 1.82) is 0 Å². The van der Waals surface area contributed by atoms with Crippen LogP contribution in [0.2, 0.25) is 0 Å². The topological polar surface area (TPSA) is 136 Å². The summed E-state index contributed by atoms with van der Waals surface area (Å²) in [6, 6.07) is 11.9. The van der Waals surface area contributed by atoms with Gasteiger partial charge in [-0.25, -0.2) is 0 Å². The van der Waals surface area contributed by atoms with E-state index in [4.69, 9.17) is 9.84 Å². The van der Waals surface area contributed by atoms with Crippen LogP contribution in [0.4, 0.5) is 0 Å². The maximum absolute atomic E-state index is 13.1. The van der Waals surface area contributed by atoms with Crippen molar-refractivity contribution in [2.24, 2.45) is 0 Å². The number of hydrogen-bond donors (Lipinski definition) is 5. The molecule has 1 aliphatic heterocycles. The Balaban J connectivity index is 1.40. The number of piperidine rings is 1. The van der Waals surface area contributed by atoms with Gasteiger partial charge in [0.2, 0.25) is 0 Å². The van der Waals surface area contributed by atoms with E-state index < -0.39 is 5.91 Å². The molecular formula is C27H34N4O6. The van der Waals surface area contributed by atoms with E-state index in [2.05, 4.69) is 15.5 Å². The van der Waals surface area contributed by atoms with Gasteiger partial charge in [0.1, 0.15) is 5.75 Å². The minimum absolute atomic E-state index is 0.113. The minimum Gasteiger partial charge on any atom is -0.504 e. The largest absolute Gasteiger partial charge is 0.504 e. The summed E-state index contributed by atoms with van der Waals surface area (Å²) in [6.45, 7) is 3.49. The first kappa shape index (κ1) is 26.5. The molecule has 0 unspecified atom stereocenters. The first-order chi connectivity index (χ1) is 17.9. The van der Waals surface area contributed by atoms with Crippen molar-refractivity contribution in [1.82, 2.24) is 20.1 Å². The molecule has 3 aromatic rings. The molecule has 1 aromatic heterocycles. The maximum atomic E-state index is 13.1. The molecule has 5 N–H and O–H groups in total. The molecule has 0 bridgehead atoms. The Hall–Kier alpha value is -3.60. The number of ether oxygens (including phenoxy) is 1. The van der Waals surface area contributed by atoms with Crippen LogP contribution in [0.25, 0.3) is 10.9 Å². The lowest BCUT2D eigenvalue weighted by Crippen LogP contribution is -2.43. The molecule has 1 amide bonds. The highest BCUT2D eigenvalue weighted by Crippen LogP contribution is 2.25. The molecule has 4 rings (SSSR count). The predicted molar refractivity (Wildman–Crippen MR) is 140 cm³/mol. The minimum atomic E-state index is -0.398. The number of nitrogens with one attached hydrogen (secondary N) is 2. The molecule has 198 valence electrons. The second-order valence-corrected chi connectivity index (χ2v) is 9.23. The van der Waals surface area contributed by atoms with Crippen molar-refractivity contribution in [3.05, 3.63) is 63.9 Å². The number of nitrogens with zero attached hydrogens (tertiary/aromatic N) is 2. The highest BCUT2D eigenvalue weighted by Gasteiger charge is 2.20. The Kier molecular flexibility index (Phi) is 8.65. The molecule has 37 heavy (non-hydrogen) atoms. The molecule has 0 radical (unpaired) electrons. The standard InChI is InChI=1S/C27H34N4O6/c1-37-20-3-4-21-22(27(36)28-8-13-32)16-26(35)31(23(21)15-20)12-11-30-9-6-19(7-10-30)29-17-18-2-5-24(33)25(34)14-18/h2-5,14-16,19,29,32-34H,6-13,17H2,1H3,(H,28,36). The SMILES string of the molecule is COc1ccc2c(C(=O)NCCO)cc(=O)n(CCN3CCC(NCc4ccc(O)c(O)c4)CC3)c2c1. The van der Waals surface area contributed by atoms with Crippen LogP contribution in [-0.4, -0.2) is 76.6 Å². The lowest BCUT2D eigenvalue weighted by molar-refractivity contribution is 0.0946. The van der Waals surface area contributed by atoms with Gasteiger partial charge in [0.25, 0.3) is 11.5 Å². The molecule has 0 saturated carbocycles. The van der Waals surface area contributed by atoms with E-state index in [0.717, 1.165) is 31.5 Å². The number of fused-ring (bicyclic) bond motifs is 1. The molecule has 1 aliphatic rings.